The highest BCUT2D eigenvalue weighted by Gasteiger charge is 2.33. The second-order valence-corrected chi connectivity index (χ2v) is 5.40. The molecule has 1 aromatic carbocycles. The van der Waals surface area contributed by atoms with Gasteiger partial charge in [0.2, 0.25) is 0 Å². The van der Waals surface area contributed by atoms with E-state index in [-0.39, 0.29) is 0 Å². The topological polar surface area (TPSA) is 38.5 Å². The van der Waals surface area contributed by atoms with Crippen LogP contribution in [0.15, 0.2) is 24.3 Å². The summed E-state index contributed by atoms with van der Waals surface area (Å²) in [7, 11) is 1.74. The van der Waals surface area contributed by atoms with Gasteiger partial charge in [-0.15, -0.1) is 0 Å². The van der Waals surface area contributed by atoms with Crippen molar-refractivity contribution in [3.8, 4) is 0 Å². The van der Waals surface area contributed by atoms with Gasteiger partial charge in [0.25, 0.3) is 0 Å². The largest absolute Gasteiger partial charge is 0.380 e. The van der Waals surface area contributed by atoms with Crippen molar-refractivity contribution in [1.82, 2.24) is 4.90 Å². The van der Waals surface area contributed by atoms with E-state index in [9.17, 15) is 0 Å². The van der Waals surface area contributed by atoms with Crippen LogP contribution < -0.4 is 5.73 Å². The Morgan fingerprint density at radius 2 is 2.21 bits per heavy atom. The van der Waals surface area contributed by atoms with Gasteiger partial charge in [0, 0.05) is 25.7 Å². The predicted octanol–water partition coefficient (Wildman–Crippen LogP) is 2.71. The summed E-state index contributed by atoms with van der Waals surface area (Å²) < 4.78 is 5.22. The maximum absolute atomic E-state index is 6.05. The molecule has 3 nitrogen and oxygen atoms in total. The van der Waals surface area contributed by atoms with Gasteiger partial charge in [0.15, 0.2) is 0 Å². The van der Waals surface area contributed by atoms with Crippen LogP contribution in [0.1, 0.15) is 43.4 Å². The number of nitrogens with two attached hydrogens (primary N) is 1. The number of methoxy groups -OCH3 is 1. The van der Waals surface area contributed by atoms with Crippen molar-refractivity contribution in [2.75, 3.05) is 20.2 Å². The molecule has 2 N–H and O–H groups in total. The van der Waals surface area contributed by atoms with E-state index >= 15 is 0 Å². The van der Waals surface area contributed by atoms with Crippen molar-refractivity contribution >= 4 is 0 Å². The van der Waals surface area contributed by atoms with E-state index in [0.717, 1.165) is 12.6 Å². The molecule has 0 radical (unpaired) electrons. The highest BCUT2D eigenvalue weighted by molar-refractivity contribution is 5.26. The molecule has 1 aliphatic carbocycles. The molecule has 2 rings (SSSR count). The molecule has 0 aliphatic heterocycles. The van der Waals surface area contributed by atoms with Crippen LogP contribution in [0.2, 0.25) is 0 Å². The van der Waals surface area contributed by atoms with Crippen LogP contribution in [-0.2, 0) is 11.3 Å². The minimum absolute atomic E-state index is 0.351. The molecule has 1 saturated carbocycles. The van der Waals surface area contributed by atoms with E-state index in [4.69, 9.17) is 10.5 Å². The van der Waals surface area contributed by atoms with E-state index in [1.54, 1.807) is 7.11 Å². The summed E-state index contributed by atoms with van der Waals surface area (Å²) >= 11 is 0. The fourth-order valence-electron chi connectivity index (χ4n) is 2.78. The van der Waals surface area contributed by atoms with E-state index in [1.165, 1.54) is 30.4 Å². The molecule has 0 aromatic heterocycles. The molecule has 0 heterocycles. The average molecular weight is 262 g/mol. The van der Waals surface area contributed by atoms with Crippen molar-refractivity contribution in [3.05, 3.63) is 35.4 Å². The Bertz CT molecular complexity index is 390. The predicted molar refractivity (Wildman–Crippen MR) is 79.0 cm³/mol. The highest BCUT2D eigenvalue weighted by atomic mass is 16.5. The van der Waals surface area contributed by atoms with E-state index < -0.39 is 0 Å². The Hall–Kier alpha value is -0.900. The highest BCUT2D eigenvalue weighted by Crippen LogP contribution is 2.34. The first kappa shape index (κ1) is 14.5. The lowest BCUT2D eigenvalue weighted by molar-refractivity contribution is 0.182. The molecule has 1 unspecified atom stereocenters. The molecule has 106 valence electrons. The number of hydrogen-bond donors (Lipinski definition) is 1. The summed E-state index contributed by atoms with van der Waals surface area (Å²) in [5.74, 6) is 0. The van der Waals surface area contributed by atoms with Gasteiger partial charge in [-0.2, -0.15) is 0 Å². The van der Waals surface area contributed by atoms with Crippen LogP contribution >= 0.6 is 0 Å². The molecule has 0 saturated heterocycles. The summed E-state index contributed by atoms with van der Waals surface area (Å²) in [4.78, 5) is 2.59. The Balaban J connectivity index is 2.16. The fourth-order valence-corrected chi connectivity index (χ4v) is 2.78. The lowest BCUT2D eigenvalue weighted by atomic mass is 10.0. The molecule has 1 atom stereocenters. The zero-order valence-electron chi connectivity index (χ0n) is 12.1. The van der Waals surface area contributed by atoms with Crippen LogP contribution in [0.3, 0.4) is 0 Å². The van der Waals surface area contributed by atoms with E-state index in [2.05, 4.69) is 36.1 Å². The van der Waals surface area contributed by atoms with Crippen LogP contribution in [0.4, 0.5) is 0 Å². The first-order valence-electron chi connectivity index (χ1n) is 7.33. The van der Waals surface area contributed by atoms with Crippen molar-refractivity contribution in [2.24, 2.45) is 5.73 Å². The number of rotatable bonds is 8. The lowest BCUT2D eigenvalue weighted by Crippen LogP contribution is -2.36. The second-order valence-electron chi connectivity index (χ2n) is 5.40. The maximum atomic E-state index is 6.05. The van der Waals surface area contributed by atoms with E-state index in [1.807, 2.05) is 0 Å². The minimum atomic E-state index is 0.351. The third-order valence-corrected chi connectivity index (χ3v) is 3.77. The zero-order chi connectivity index (χ0) is 13.7. The van der Waals surface area contributed by atoms with Crippen LogP contribution in [0.25, 0.3) is 0 Å². The van der Waals surface area contributed by atoms with Crippen molar-refractivity contribution < 1.29 is 4.74 Å². The third-order valence-electron chi connectivity index (χ3n) is 3.77. The molecule has 1 fully saturated rings. The molecule has 0 spiro atoms. The Morgan fingerprint density at radius 3 is 2.79 bits per heavy atom. The van der Waals surface area contributed by atoms with Gasteiger partial charge in [-0.1, -0.05) is 31.2 Å². The van der Waals surface area contributed by atoms with Gasteiger partial charge in [-0.25, -0.2) is 0 Å². The number of ether oxygens (including phenoxy) is 1. The molecule has 0 bridgehead atoms. The molecule has 19 heavy (non-hydrogen) atoms. The number of hydrogen-bond acceptors (Lipinski definition) is 3. The molecule has 1 aromatic rings. The fraction of sp³-hybridized carbons (Fsp3) is 0.625. The van der Waals surface area contributed by atoms with Gasteiger partial charge in [0.1, 0.15) is 0 Å². The average Bonchev–Trinajstić information content (AvgIpc) is 3.24. The summed E-state index contributed by atoms with van der Waals surface area (Å²) in [6, 6.07) is 9.77. The monoisotopic (exact) mass is 262 g/mol. The molecular weight excluding hydrogens is 236 g/mol. The first-order chi connectivity index (χ1) is 9.30. The van der Waals surface area contributed by atoms with Gasteiger partial charge >= 0.3 is 0 Å². The Morgan fingerprint density at radius 1 is 1.42 bits per heavy atom. The van der Waals surface area contributed by atoms with Crippen LogP contribution in [0, 0.1) is 0 Å². The molecule has 1 aliphatic rings. The van der Waals surface area contributed by atoms with Gasteiger partial charge in [-0.05, 0) is 36.9 Å². The first-order valence-corrected chi connectivity index (χ1v) is 7.33. The van der Waals surface area contributed by atoms with Gasteiger partial charge in [-0.3, -0.25) is 4.90 Å². The summed E-state index contributed by atoms with van der Waals surface area (Å²) in [6.45, 7) is 4.74. The quantitative estimate of drug-likeness (QED) is 0.783. The van der Waals surface area contributed by atoms with Gasteiger partial charge < -0.3 is 10.5 Å². The molecule has 3 heteroatoms. The summed E-state index contributed by atoms with van der Waals surface area (Å²) in [5.41, 5.74) is 8.61. The summed E-state index contributed by atoms with van der Waals surface area (Å²) in [6.07, 6.45) is 3.84. The van der Waals surface area contributed by atoms with Crippen molar-refractivity contribution in [2.45, 2.75) is 44.9 Å². The molecule has 0 amide bonds. The van der Waals surface area contributed by atoms with Crippen molar-refractivity contribution in [1.29, 1.82) is 0 Å². The summed E-state index contributed by atoms with van der Waals surface area (Å²) in [5, 5.41) is 0. The Labute approximate surface area is 116 Å². The normalized spacial score (nSPS) is 16.8. The van der Waals surface area contributed by atoms with Crippen molar-refractivity contribution in [3.63, 3.8) is 0 Å². The number of nitrogens with zero attached hydrogens (tertiary/aromatic N) is 1. The lowest BCUT2D eigenvalue weighted by Gasteiger charge is -2.31. The molecular formula is C16H26N2O. The second kappa shape index (κ2) is 7.04. The third kappa shape index (κ3) is 3.78. The van der Waals surface area contributed by atoms with Crippen LogP contribution in [0.5, 0.6) is 0 Å². The SMILES string of the molecule is CCCN(C1CC1)C(CN)c1cccc(COC)c1. The number of benzene rings is 1. The maximum Gasteiger partial charge on any atom is 0.0713 e. The minimum Gasteiger partial charge on any atom is -0.380 e. The smallest absolute Gasteiger partial charge is 0.0713 e. The standard InChI is InChI=1S/C16H26N2O/c1-3-9-18(15-7-8-15)16(11-17)14-6-4-5-13(10-14)12-19-2/h4-6,10,15-16H,3,7-9,11-12,17H2,1-2H3. The van der Waals surface area contributed by atoms with E-state index in [0.29, 0.717) is 19.2 Å². The Kier molecular flexibility index (Phi) is 5.37. The van der Waals surface area contributed by atoms with Crippen LogP contribution in [-0.4, -0.2) is 31.1 Å². The zero-order valence-corrected chi connectivity index (χ0v) is 12.1. The van der Waals surface area contributed by atoms with Gasteiger partial charge in [0.05, 0.1) is 6.61 Å².